The van der Waals surface area contributed by atoms with Crippen LogP contribution in [0.15, 0.2) is 34.2 Å². The first kappa shape index (κ1) is 21.2. The lowest BCUT2D eigenvalue weighted by atomic mass is 10.0. The quantitative estimate of drug-likeness (QED) is 0.422. The number of piperidine rings is 1. The third-order valence-corrected chi connectivity index (χ3v) is 5.18. The topological polar surface area (TPSA) is 61.8 Å². The van der Waals surface area contributed by atoms with Crippen LogP contribution >= 0.6 is 24.0 Å². The Bertz CT molecular complexity index is 644. The molecule has 1 aromatic carbocycles. The first-order valence-electron chi connectivity index (χ1n) is 8.22. The number of rotatable bonds is 4. The second kappa shape index (κ2) is 9.60. The van der Waals surface area contributed by atoms with Crippen LogP contribution in [0.2, 0.25) is 0 Å². The minimum Gasteiger partial charge on any atom is -0.357 e. The van der Waals surface area contributed by atoms with Gasteiger partial charge in [-0.1, -0.05) is 19.1 Å². The van der Waals surface area contributed by atoms with Crippen LogP contribution in [0.4, 0.5) is 0 Å². The van der Waals surface area contributed by atoms with Gasteiger partial charge in [-0.05, 0) is 43.4 Å². The second-order valence-corrected chi connectivity index (χ2v) is 8.30. The van der Waals surface area contributed by atoms with E-state index in [-0.39, 0.29) is 24.0 Å². The fourth-order valence-electron chi connectivity index (χ4n) is 2.82. The number of nitrogens with one attached hydrogen (secondary N) is 1. The van der Waals surface area contributed by atoms with E-state index in [1.807, 2.05) is 12.1 Å². The van der Waals surface area contributed by atoms with Crippen molar-refractivity contribution in [3.8, 4) is 0 Å². The van der Waals surface area contributed by atoms with Crippen LogP contribution in [-0.2, 0) is 16.4 Å². The number of halogens is 1. The Morgan fingerprint density at radius 2 is 2.00 bits per heavy atom. The molecule has 0 aliphatic carbocycles. The zero-order chi connectivity index (χ0) is 16.9. The van der Waals surface area contributed by atoms with Crippen molar-refractivity contribution >= 4 is 39.8 Å². The van der Waals surface area contributed by atoms with Crippen molar-refractivity contribution in [1.29, 1.82) is 0 Å². The number of sulfone groups is 1. The lowest BCUT2D eigenvalue weighted by molar-refractivity contribution is 0.266. The summed E-state index contributed by atoms with van der Waals surface area (Å²) in [6.07, 6.45) is 3.71. The van der Waals surface area contributed by atoms with E-state index in [1.165, 1.54) is 19.1 Å². The van der Waals surface area contributed by atoms with Crippen molar-refractivity contribution in [3.63, 3.8) is 0 Å². The summed E-state index contributed by atoms with van der Waals surface area (Å²) in [5.41, 5.74) is 1.01. The highest BCUT2D eigenvalue weighted by Gasteiger charge is 2.19. The van der Waals surface area contributed by atoms with Crippen molar-refractivity contribution in [1.82, 2.24) is 10.2 Å². The molecular weight excluding hydrogens is 437 g/mol. The van der Waals surface area contributed by atoms with Crippen LogP contribution in [0.5, 0.6) is 0 Å². The molecule has 0 saturated carbocycles. The number of likely N-dealkylation sites (tertiary alicyclic amines) is 1. The van der Waals surface area contributed by atoms with Gasteiger partial charge in [0.05, 0.1) is 11.4 Å². The van der Waals surface area contributed by atoms with Gasteiger partial charge >= 0.3 is 0 Å². The molecule has 1 aliphatic rings. The number of nitrogens with zero attached hydrogens (tertiary/aromatic N) is 2. The van der Waals surface area contributed by atoms with Crippen molar-refractivity contribution in [2.24, 2.45) is 10.9 Å². The Hall–Kier alpha value is -0.830. The van der Waals surface area contributed by atoms with Gasteiger partial charge < -0.3 is 10.2 Å². The van der Waals surface area contributed by atoms with Gasteiger partial charge in [0.15, 0.2) is 15.8 Å². The number of hydrogen-bond acceptors (Lipinski definition) is 3. The molecule has 1 fully saturated rings. The molecule has 0 spiro atoms. The summed E-state index contributed by atoms with van der Waals surface area (Å²) < 4.78 is 23.0. The molecule has 1 atom stereocenters. The van der Waals surface area contributed by atoms with E-state index in [9.17, 15) is 8.42 Å². The Morgan fingerprint density at radius 3 is 2.54 bits per heavy atom. The molecule has 7 heteroatoms. The van der Waals surface area contributed by atoms with Gasteiger partial charge in [-0.25, -0.2) is 13.4 Å². The molecule has 1 unspecified atom stereocenters. The first-order valence-corrected chi connectivity index (χ1v) is 10.1. The third kappa shape index (κ3) is 6.23. The molecule has 1 heterocycles. The van der Waals surface area contributed by atoms with E-state index in [4.69, 9.17) is 4.99 Å². The normalized spacial score (nSPS) is 18.9. The predicted molar refractivity (Wildman–Crippen MR) is 110 cm³/mol. The van der Waals surface area contributed by atoms with Gasteiger partial charge in [0.2, 0.25) is 0 Å². The molecule has 1 aliphatic heterocycles. The van der Waals surface area contributed by atoms with Gasteiger partial charge in [0.1, 0.15) is 0 Å². The highest BCUT2D eigenvalue weighted by molar-refractivity contribution is 14.0. The highest BCUT2D eigenvalue weighted by atomic mass is 127. The van der Waals surface area contributed by atoms with Crippen LogP contribution in [0.1, 0.15) is 32.3 Å². The largest absolute Gasteiger partial charge is 0.357 e. The lowest BCUT2D eigenvalue weighted by Crippen LogP contribution is -2.46. The highest BCUT2D eigenvalue weighted by Crippen LogP contribution is 2.16. The van der Waals surface area contributed by atoms with E-state index in [1.54, 1.807) is 12.1 Å². The maximum atomic E-state index is 11.5. The Kier molecular flexibility index (Phi) is 8.49. The maximum Gasteiger partial charge on any atom is 0.194 e. The Labute approximate surface area is 162 Å². The summed E-state index contributed by atoms with van der Waals surface area (Å²) >= 11 is 0. The van der Waals surface area contributed by atoms with Crippen LogP contribution in [0, 0.1) is 5.92 Å². The van der Waals surface area contributed by atoms with E-state index >= 15 is 0 Å². The molecule has 136 valence electrons. The molecule has 1 saturated heterocycles. The predicted octanol–water partition coefficient (Wildman–Crippen LogP) is 2.91. The molecule has 1 aromatic rings. The fourth-order valence-corrected chi connectivity index (χ4v) is 3.45. The van der Waals surface area contributed by atoms with Crippen molar-refractivity contribution in [2.45, 2.75) is 38.1 Å². The monoisotopic (exact) mass is 465 g/mol. The zero-order valence-electron chi connectivity index (χ0n) is 14.7. The average molecular weight is 465 g/mol. The van der Waals surface area contributed by atoms with Crippen molar-refractivity contribution in [2.75, 3.05) is 25.9 Å². The van der Waals surface area contributed by atoms with Gasteiger partial charge in [0.25, 0.3) is 0 Å². The first-order chi connectivity index (χ1) is 10.9. The molecular formula is C17H28IN3O2S. The summed E-state index contributed by atoms with van der Waals surface area (Å²) in [5.74, 6) is 1.65. The Morgan fingerprint density at radius 1 is 1.33 bits per heavy atom. The summed E-state index contributed by atoms with van der Waals surface area (Å²) in [7, 11) is -3.14. The molecule has 0 radical (unpaired) electrons. The van der Waals surface area contributed by atoms with Crippen molar-refractivity contribution < 1.29 is 8.42 Å². The molecule has 1 N–H and O–H groups in total. The second-order valence-electron chi connectivity index (χ2n) is 6.28. The fraction of sp³-hybridized carbons (Fsp3) is 0.588. The summed E-state index contributed by atoms with van der Waals surface area (Å²) in [6, 6.07) is 6.97. The number of benzene rings is 1. The zero-order valence-corrected chi connectivity index (χ0v) is 17.8. The maximum absolute atomic E-state index is 11.5. The van der Waals surface area contributed by atoms with E-state index in [0.29, 0.717) is 17.4 Å². The van der Waals surface area contributed by atoms with E-state index < -0.39 is 9.84 Å². The average Bonchev–Trinajstić information content (AvgIpc) is 2.51. The van der Waals surface area contributed by atoms with Gasteiger partial charge in [-0.15, -0.1) is 24.0 Å². The van der Waals surface area contributed by atoms with Crippen LogP contribution < -0.4 is 5.32 Å². The molecule has 2 rings (SSSR count). The van der Waals surface area contributed by atoms with Gasteiger partial charge in [-0.2, -0.15) is 0 Å². The molecule has 0 aromatic heterocycles. The van der Waals surface area contributed by atoms with Gasteiger partial charge in [0, 0.05) is 25.9 Å². The van der Waals surface area contributed by atoms with Crippen LogP contribution in [0.3, 0.4) is 0 Å². The number of guanidine groups is 1. The standard InChI is InChI=1S/C17H27N3O2S.HI/c1-4-18-17(20-11-5-6-14(2)13-20)19-12-15-7-9-16(10-8-15)23(3,21)22;/h7-10,14H,4-6,11-13H2,1-3H3,(H,18,19);1H. The van der Waals surface area contributed by atoms with E-state index in [2.05, 4.69) is 24.1 Å². The van der Waals surface area contributed by atoms with Crippen molar-refractivity contribution in [3.05, 3.63) is 29.8 Å². The minimum absolute atomic E-state index is 0. The van der Waals surface area contributed by atoms with E-state index in [0.717, 1.165) is 31.2 Å². The SMILES string of the molecule is CCNC(=NCc1ccc(S(C)(=O)=O)cc1)N1CCCC(C)C1.I. The number of hydrogen-bond donors (Lipinski definition) is 1. The van der Waals surface area contributed by atoms with Crippen LogP contribution in [-0.4, -0.2) is 45.2 Å². The summed E-state index contributed by atoms with van der Waals surface area (Å²) in [5, 5.41) is 3.36. The molecule has 24 heavy (non-hydrogen) atoms. The molecule has 0 bridgehead atoms. The summed E-state index contributed by atoms with van der Waals surface area (Å²) in [6.45, 7) is 7.83. The summed E-state index contributed by atoms with van der Waals surface area (Å²) in [4.78, 5) is 7.39. The molecule has 5 nitrogen and oxygen atoms in total. The van der Waals surface area contributed by atoms with Gasteiger partial charge in [-0.3, -0.25) is 0 Å². The lowest BCUT2D eigenvalue weighted by Gasteiger charge is -2.33. The minimum atomic E-state index is -3.14. The Balaban J connectivity index is 0.00000288. The van der Waals surface area contributed by atoms with Crippen LogP contribution in [0.25, 0.3) is 0 Å². The third-order valence-electron chi connectivity index (χ3n) is 4.05. The molecule has 0 amide bonds. The smallest absolute Gasteiger partial charge is 0.194 e. The number of aliphatic imine (C=N–C) groups is 1.